The van der Waals surface area contributed by atoms with E-state index in [0.717, 1.165) is 0 Å². The van der Waals surface area contributed by atoms with Crippen LogP contribution in [-0.4, -0.2) is 36.4 Å². The molecule has 0 saturated heterocycles. The molecule has 0 bridgehead atoms. The molecule has 0 aliphatic carbocycles. The highest BCUT2D eigenvalue weighted by atomic mass is 16.5. The van der Waals surface area contributed by atoms with Gasteiger partial charge in [-0.3, -0.25) is 4.79 Å². The highest BCUT2D eigenvalue weighted by molar-refractivity contribution is 6.16. The standard InChI is InChI=1S/C17H17NO5/c1-4-18-10(2)14(17(22)23-3)13(15(18)19)9-11-5-7-12(8-6-11)16(20)21/h5-9H,4H2,1-3H3,(H,20,21)/p-1/b13-9-. The van der Waals surface area contributed by atoms with Crippen molar-refractivity contribution >= 4 is 23.9 Å². The first-order valence-corrected chi connectivity index (χ1v) is 7.05. The molecule has 0 radical (unpaired) electrons. The van der Waals surface area contributed by atoms with Crippen molar-refractivity contribution in [2.24, 2.45) is 0 Å². The molecule has 120 valence electrons. The third kappa shape index (κ3) is 3.01. The van der Waals surface area contributed by atoms with E-state index in [9.17, 15) is 19.5 Å². The molecule has 1 aromatic rings. The van der Waals surface area contributed by atoms with Crippen LogP contribution in [0.15, 0.2) is 41.1 Å². The predicted octanol–water partition coefficient (Wildman–Crippen LogP) is 0.743. The van der Waals surface area contributed by atoms with Gasteiger partial charge in [0, 0.05) is 12.2 Å². The van der Waals surface area contributed by atoms with Crippen molar-refractivity contribution in [3.63, 3.8) is 0 Å². The number of benzene rings is 1. The lowest BCUT2D eigenvalue weighted by Crippen LogP contribution is -2.24. The number of carbonyl (C=O) groups is 3. The van der Waals surface area contributed by atoms with Crippen LogP contribution < -0.4 is 5.11 Å². The van der Waals surface area contributed by atoms with E-state index in [4.69, 9.17) is 4.74 Å². The van der Waals surface area contributed by atoms with Crippen LogP contribution in [0, 0.1) is 0 Å². The molecule has 0 unspecified atom stereocenters. The summed E-state index contributed by atoms with van der Waals surface area (Å²) in [6.45, 7) is 3.94. The Morgan fingerprint density at radius 2 is 1.87 bits per heavy atom. The number of esters is 1. The molecule has 1 aliphatic rings. The van der Waals surface area contributed by atoms with Gasteiger partial charge in [-0.2, -0.15) is 0 Å². The van der Waals surface area contributed by atoms with Gasteiger partial charge in [0.05, 0.1) is 24.2 Å². The molecule has 0 spiro atoms. The first-order chi connectivity index (χ1) is 10.9. The van der Waals surface area contributed by atoms with Gasteiger partial charge in [0.25, 0.3) is 5.91 Å². The average molecular weight is 314 g/mol. The van der Waals surface area contributed by atoms with Gasteiger partial charge in [-0.1, -0.05) is 24.3 Å². The fraction of sp³-hybridized carbons (Fsp3) is 0.235. The van der Waals surface area contributed by atoms with Crippen LogP contribution in [0.1, 0.15) is 29.8 Å². The highest BCUT2D eigenvalue weighted by Gasteiger charge is 2.35. The number of hydrogen-bond donors (Lipinski definition) is 0. The molecule has 0 aromatic heterocycles. The normalized spacial score (nSPS) is 16.2. The summed E-state index contributed by atoms with van der Waals surface area (Å²) in [5.74, 6) is -2.14. The summed E-state index contributed by atoms with van der Waals surface area (Å²) in [7, 11) is 1.26. The second-order valence-electron chi connectivity index (χ2n) is 4.97. The Morgan fingerprint density at radius 1 is 1.26 bits per heavy atom. The minimum absolute atomic E-state index is 0.0417. The zero-order valence-electron chi connectivity index (χ0n) is 13.1. The lowest BCUT2D eigenvalue weighted by molar-refractivity contribution is -0.255. The number of methoxy groups -OCH3 is 1. The fourth-order valence-corrected chi connectivity index (χ4v) is 2.49. The van der Waals surface area contributed by atoms with Crippen molar-refractivity contribution in [3.05, 3.63) is 52.2 Å². The van der Waals surface area contributed by atoms with Crippen molar-refractivity contribution in [2.45, 2.75) is 13.8 Å². The molecule has 6 heteroatoms. The highest BCUT2D eigenvalue weighted by Crippen LogP contribution is 2.31. The summed E-state index contributed by atoms with van der Waals surface area (Å²) in [6.07, 6.45) is 1.55. The Bertz CT molecular complexity index is 728. The SMILES string of the molecule is CCN1C(=O)/C(=C\c2ccc(C(=O)[O-])cc2)C(C(=O)OC)=C1C. The van der Waals surface area contributed by atoms with Gasteiger partial charge in [0.2, 0.25) is 0 Å². The average Bonchev–Trinajstić information content (AvgIpc) is 2.77. The van der Waals surface area contributed by atoms with Crippen molar-refractivity contribution in [1.29, 1.82) is 0 Å². The number of hydrogen-bond acceptors (Lipinski definition) is 5. The molecule has 1 aromatic carbocycles. The Hall–Kier alpha value is -2.89. The molecule has 0 fully saturated rings. The fourth-order valence-electron chi connectivity index (χ4n) is 2.49. The molecule has 1 aliphatic heterocycles. The Labute approximate surface area is 133 Å². The molecular weight excluding hydrogens is 298 g/mol. The molecule has 0 saturated carbocycles. The van der Waals surface area contributed by atoms with Gasteiger partial charge in [-0.25, -0.2) is 4.79 Å². The molecule has 1 amide bonds. The van der Waals surface area contributed by atoms with Gasteiger partial charge in [-0.05, 0) is 31.1 Å². The predicted molar refractivity (Wildman–Crippen MR) is 80.9 cm³/mol. The molecule has 1 heterocycles. The number of allylic oxidation sites excluding steroid dienone is 1. The quantitative estimate of drug-likeness (QED) is 0.604. The molecule has 2 rings (SSSR count). The van der Waals surface area contributed by atoms with Crippen molar-refractivity contribution < 1.29 is 24.2 Å². The number of nitrogens with zero attached hydrogens (tertiary/aromatic N) is 1. The molecular formula is C17H16NO5-. The number of rotatable bonds is 4. The van der Waals surface area contributed by atoms with E-state index < -0.39 is 11.9 Å². The summed E-state index contributed by atoms with van der Waals surface area (Å²) >= 11 is 0. The number of aromatic carboxylic acids is 1. The van der Waals surface area contributed by atoms with Crippen LogP contribution in [0.2, 0.25) is 0 Å². The summed E-state index contributed by atoms with van der Waals surface area (Å²) in [6, 6.07) is 5.86. The van der Waals surface area contributed by atoms with E-state index in [1.165, 1.54) is 24.1 Å². The third-order valence-corrected chi connectivity index (χ3v) is 3.67. The zero-order valence-corrected chi connectivity index (χ0v) is 13.1. The summed E-state index contributed by atoms with van der Waals surface area (Å²) in [5, 5.41) is 10.8. The van der Waals surface area contributed by atoms with Gasteiger partial charge < -0.3 is 19.5 Å². The first-order valence-electron chi connectivity index (χ1n) is 7.05. The molecule has 6 nitrogen and oxygen atoms in total. The Kier molecular flexibility index (Phi) is 4.64. The number of ether oxygens (including phenoxy) is 1. The van der Waals surface area contributed by atoms with Crippen LogP contribution >= 0.6 is 0 Å². The topological polar surface area (TPSA) is 86.7 Å². The second-order valence-corrected chi connectivity index (χ2v) is 4.97. The summed E-state index contributed by atoms with van der Waals surface area (Å²) < 4.78 is 4.76. The second kappa shape index (κ2) is 6.48. The van der Waals surface area contributed by atoms with E-state index in [-0.39, 0.29) is 22.6 Å². The summed E-state index contributed by atoms with van der Waals surface area (Å²) in [5.41, 5.74) is 1.65. The van der Waals surface area contributed by atoms with Crippen LogP contribution in [-0.2, 0) is 14.3 Å². The number of likely N-dealkylation sites (N-methyl/N-ethyl adjacent to an activating group) is 1. The Morgan fingerprint density at radius 3 is 2.35 bits per heavy atom. The lowest BCUT2D eigenvalue weighted by Gasteiger charge is -2.14. The molecule has 23 heavy (non-hydrogen) atoms. The maximum atomic E-state index is 12.5. The van der Waals surface area contributed by atoms with Crippen LogP contribution in [0.4, 0.5) is 0 Å². The van der Waals surface area contributed by atoms with E-state index in [0.29, 0.717) is 17.8 Å². The minimum atomic E-state index is -1.27. The van der Waals surface area contributed by atoms with E-state index in [2.05, 4.69) is 0 Å². The van der Waals surface area contributed by atoms with Gasteiger partial charge in [-0.15, -0.1) is 0 Å². The maximum absolute atomic E-state index is 12.5. The van der Waals surface area contributed by atoms with Crippen molar-refractivity contribution in [3.8, 4) is 0 Å². The van der Waals surface area contributed by atoms with Crippen molar-refractivity contribution in [1.82, 2.24) is 4.90 Å². The van der Waals surface area contributed by atoms with E-state index in [1.807, 2.05) is 6.92 Å². The van der Waals surface area contributed by atoms with E-state index >= 15 is 0 Å². The minimum Gasteiger partial charge on any atom is -0.545 e. The van der Waals surface area contributed by atoms with Crippen LogP contribution in [0.3, 0.4) is 0 Å². The monoisotopic (exact) mass is 314 g/mol. The van der Waals surface area contributed by atoms with Gasteiger partial charge in [0.1, 0.15) is 0 Å². The maximum Gasteiger partial charge on any atom is 0.340 e. The number of amides is 1. The third-order valence-electron chi connectivity index (χ3n) is 3.67. The smallest absolute Gasteiger partial charge is 0.340 e. The Balaban J connectivity index is 2.48. The molecule has 0 N–H and O–H groups in total. The van der Waals surface area contributed by atoms with Crippen LogP contribution in [0.5, 0.6) is 0 Å². The zero-order chi connectivity index (χ0) is 17.1. The lowest BCUT2D eigenvalue weighted by atomic mass is 10.0. The van der Waals surface area contributed by atoms with E-state index in [1.54, 1.807) is 25.1 Å². The largest absolute Gasteiger partial charge is 0.545 e. The van der Waals surface area contributed by atoms with Crippen molar-refractivity contribution in [2.75, 3.05) is 13.7 Å². The molecule has 0 atom stereocenters. The van der Waals surface area contributed by atoms with Gasteiger partial charge in [0.15, 0.2) is 0 Å². The van der Waals surface area contributed by atoms with Gasteiger partial charge >= 0.3 is 5.97 Å². The summed E-state index contributed by atoms with van der Waals surface area (Å²) in [4.78, 5) is 36.7. The number of carboxylic acid groups (broad SMARTS) is 1. The number of carbonyl (C=O) groups excluding carboxylic acids is 3. The van der Waals surface area contributed by atoms with Crippen LogP contribution in [0.25, 0.3) is 6.08 Å². The number of carboxylic acids is 1. The first kappa shape index (κ1) is 16.5.